The van der Waals surface area contributed by atoms with Crippen molar-refractivity contribution >= 4 is 16.9 Å². The highest BCUT2D eigenvalue weighted by Gasteiger charge is 2.32. The van der Waals surface area contributed by atoms with Gasteiger partial charge in [0.05, 0.1) is 17.1 Å². The van der Waals surface area contributed by atoms with E-state index in [1.807, 2.05) is 29.9 Å². The predicted molar refractivity (Wildman–Crippen MR) is 67.1 cm³/mol. The van der Waals surface area contributed by atoms with E-state index >= 15 is 0 Å². The molecule has 3 rings (SSSR count). The van der Waals surface area contributed by atoms with E-state index in [-0.39, 0.29) is 5.92 Å². The Morgan fingerprint density at radius 2 is 2.17 bits per heavy atom. The second-order valence-electron chi connectivity index (χ2n) is 4.82. The molecule has 0 unspecified atom stereocenters. The van der Waals surface area contributed by atoms with Crippen LogP contribution in [-0.4, -0.2) is 38.8 Å². The molecule has 1 saturated heterocycles. The average molecular weight is 245 g/mol. The minimum atomic E-state index is -0.697. The summed E-state index contributed by atoms with van der Waals surface area (Å²) in [6, 6.07) is 8.11. The number of rotatable bonds is 3. The molecule has 0 saturated carbocycles. The molecule has 0 radical (unpaired) electrons. The molecule has 1 N–H and O–H groups in total. The molecular formula is C13H15N3O2. The van der Waals surface area contributed by atoms with E-state index in [1.165, 1.54) is 0 Å². The minimum Gasteiger partial charge on any atom is -0.481 e. The summed E-state index contributed by atoms with van der Waals surface area (Å²) in [4.78, 5) is 12.9. The number of nitrogens with zero attached hydrogens (tertiary/aromatic N) is 3. The molecule has 94 valence electrons. The van der Waals surface area contributed by atoms with E-state index in [4.69, 9.17) is 5.11 Å². The third-order valence-corrected chi connectivity index (χ3v) is 3.51. The molecule has 2 aromatic rings. The number of aliphatic carboxylic acids is 1. The maximum atomic E-state index is 10.7. The van der Waals surface area contributed by atoms with E-state index in [9.17, 15) is 4.79 Å². The molecule has 18 heavy (non-hydrogen) atoms. The molecular weight excluding hydrogens is 230 g/mol. The lowest BCUT2D eigenvalue weighted by Crippen LogP contribution is -2.49. The average Bonchev–Trinajstić information content (AvgIpc) is 2.61. The van der Waals surface area contributed by atoms with Gasteiger partial charge in [-0.25, -0.2) is 0 Å². The van der Waals surface area contributed by atoms with Crippen LogP contribution in [0.3, 0.4) is 0 Å². The zero-order chi connectivity index (χ0) is 12.7. The quantitative estimate of drug-likeness (QED) is 0.879. The van der Waals surface area contributed by atoms with Crippen molar-refractivity contribution in [1.82, 2.24) is 14.7 Å². The topological polar surface area (TPSA) is 58.4 Å². The second-order valence-corrected chi connectivity index (χ2v) is 4.82. The third-order valence-electron chi connectivity index (χ3n) is 3.51. The molecule has 0 amide bonds. The van der Waals surface area contributed by atoms with Gasteiger partial charge in [-0.05, 0) is 6.07 Å². The van der Waals surface area contributed by atoms with Gasteiger partial charge in [-0.2, -0.15) is 5.10 Å². The first-order valence-corrected chi connectivity index (χ1v) is 6.01. The zero-order valence-corrected chi connectivity index (χ0v) is 10.2. The van der Waals surface area contributed by atoms with Crippen LogP contribution in [-0.2, 0) is 18.4 Å². The number of aromatic nitrogens is 2. The predicted octanol–water partition coefficient (Wildman–Crippen LogP) is 1.09. The van der Waals surface area contributed by atoms with Crippen molar-refractivity contribution < 1.29 is 9.90 Å². The monoisotopic (exact) mass is 245 g/mol. The number of carboxylic acids is 1. The number of para-hydroxylation sites is 1. The SMILES string of the molecule is Cn1nc(CN2CC(C(=O)O)C2)c2ccccc21. The molecule has 0 spiro atoms. The Kier molecular flexibility index (Phi) is 2.56. The number of fused-ring (bicyclic) bond motifs is 1. The van der Waals surface area contributed by atoms with Gasteiger partial charge in [-0.1, -0.05) is 18.2 Å². The fourth-order valence-electron chi connectivity index (χ4n) is 2.47. The van der Waals surface area contributed by atoms with Gasteiger partial charge in [0, 0.05) is 32.1 Å². The lowest BCUT2D eigenvalue weighted by atomic mass is 10.00. The van der Waals surface area contributed by atoms with Crippen LogP contribution in [0.2, 0.25) is 0 Å². The molecule has 5 heteroatoms. The summed E-state index contributed by atoms with van der Waals surface area (Å²) in [5.74, 6) is -0.905. The van der Waals surface area contributed by atoms with Gasteiger partial charge in [0.2, 0.25) is 0 Å². The van der Waals surface area contributed by atoms with E-state index in [2.05, 4.69) is 16.1 Å². The van der Waals surface area contributed by atoms with Gasteiger partial charge in [0.25, 0.3) is 0 Å². The number of hydrogen-bond acceptors (Lipinski definition) is 3. The van der Waals surface area contributed by atoms with E-state index in [1.54, 1.807) is 0 Å². The summed E-state index contributed by atoms with van der Waals surface area (Å²) in [7, 11) is 1.93. The van der Waals surface area contributed by atoms with Crippen molar-refractivity contribution in [2.75, 3.05) is 13.1 Å². The Bertz CT molecular complexity index is 599. The number of likely N-dealkylation sites (tertiary alicyclic amines) is 1. The van der Waals surface area contributed by atoms with Crippen LogP contribution in [0, 0.1) is 5.92 Å². The molecule has 0 atom stereocenters. The first-order chi connectivity index (χ1) is 8.65. The smallest absolute Gasteiger partial charge is 0.309 e. The highest BCUT2D eigenvalue weighted by molar-refractivity contribution is 5.81. The van der Waals surface area contributed by atoms with E-state index in [0.29, 0.717) is 13.1 Å². The van der Waals surface area contributed by atoms with Crippen LogP contribution in [0.25, 0.3) is 10.9 Å². The summed E-state index contributed by atoms with van der Waals surface area (Å²) >= 11 is 0. The Balaban J connectivity index is 1.78. The molecule has 5 nitrogen and oxygen atoms in total. The number of benzene rings is 1. The van der Waals surface area contributed by atoms with Gasteiger partial charge in [-0.15, -0.1) is 0 Å². The third kappa shape index (κ3) is 1.76. The summed E-state index contributed by atoms with van der Waals surface area (Å²) in [6.07, 6.45) is 0. The number of hydrogen-bond donors (Lipinski definition) is 1. The highest BCUT2D eigenvalue weighted by atomic mass is 16.4. The van der Waals surface area contributed by atoms with Gasteiger partial charge in [0.15, 0.2) is 0 Å². The van der Waals surface area contributed by atoms with Gasteiger partial charge < -0.3 is 5.11 Å². The molecule has 0 aliphatic carbocycles. The van der Waals surface area contributed by atoms with E-state index in [0.717, 1.165) is 23.1 Å². The van der Waals surface area contributed by atoms with Crippen LogP contribution >= 0.6 is 0 Å². The molecule has 0 bridgehead atoms. The number of aryl methyl sites for hydroxylation is 1. The number of carbonyl (C=O) groups is 1. The molecule has 1 fully saturated rings. The molecule has 1 aliphatic heterocycles. The van der Waals surface area contributed by atoms with Crippen molar-refractivity contribution in [2.45, 2.75) is 6.54 Å². The van der Waals surface area contributed by atoms with Crippen molar-refractivity contribution in [3.05, 3.63) is 30.0 Å². The Morgan fingerprint density at radius 3 is 2.89 bits per heavy atom. The van der Waals surface area contributed by atoms with Crippen LogP contribution in [0.15, 0.2) is 24.3 Å². The standard InChI is InChI=1S/C13H15N3O2/c1-15-12-5-3-2-4-10(12)11(14-15)8-16-6-9(7-16)13(17)18/h2-5,9H,6-8H2,1H3,(H,17,18). The lowest BCUT2D eigenvalue weighted by Gasteiger charge is -2.36. The first-order valence-electron chi connectivity index (χ1n) is 6.01. The highest BCUT2D eigenvalue weighted by Crippen LogP contribution is 2.23. The van der Waals surface area contributed by atoms with Crippen LogP contribution < -0.4 is 0 Å². The van der Waals surface area contributed by atoms with Crippen molar-refractivity contribution in [2.24, 2.45) is 13.0 Å². The van der Waals surface area contributed by atoms with Crippen LogP contribution in [0.4, 0.5) is 0 Å². The largest absolute Gasteiger partial charge is 0.481 e. The zero-order valence-electron chi connectivity index (χ0n) is 10.2. The molecule has 2 heterocycles. The molecule has 1 aromatic heterocycles. The molecule has 1 aliphatic rings. The van der Waals surface area contributed by atoms with E-state index < -0.39 is 5.97 Å². The fourth-order valence-corrected chi connectivity index (χ4v) is 2.47. The summed E-state index contributed by atoms with van der Waals surface area (Å²) in [5, 5.41) is 14.5. The molecule has 1 aromatic carbocycles. The van der Waals surface area contributed by atoms with Crippen molar-refractivity contribution in [3.8, 4) is 0 Å². The maximum Gasteiger partial charge on any atom is 0.309 e. The maximum absolute atomic E-state index is 10.7. The minimum absolute atomic E-state index is 0.208. The van der Waals surface area contributed by atoms with Gasteiger partial charge in [-0.3, -0.25) is 14.4 Å². The summed E-state index contributed by atoms with van der Waals surface area (Å²) < 4.78 is 1.87. The van der Waals surface area contributed by atoms with Crippen molar-refractivity contribution in [1.29, 1.82) is 0 Å². The van der Waals surface area contributed by atoms with Crippen molar-refractivity contribution in [3.63, 3.8) is 0 Å². The fraction of sp³-hybridized carbons (Fsp3) is 0.385. The van der Waals surface area contributed by atoms with Gasteiger partial charge >= 0.3 is 5.97 Å². The summed E-state index contributed by atoms with van der Waals surface area (Å²) in [6.45, 7) is 1.98. The number of carboxylic acid groups (broad SMARTS) is 1. The normalized spacial score (nSPS) is 16.9. The second kappa shape index (κ2) is 4.10. The Morgan fingerprint density at radius 1 is 1.44 bits per heavy atom. The van der Waals surface area contributed by atoms with Crippen LogP contribution in [0.1, 0.15) is 5.69 Å². The summed E-state index contributed by atoms with van der Waals surface area (Å²) in [5.41, 5.74) is 2.14. The first kappa shape index (κ1) is 11.2. The van der Waals surface area contributed by atoms with Gasteiger partial charge in [0.1, 0.15) is 0 Å². The Hall–Kier alpha value is -1.88. The lowest BCUT2D eigenvalue weighted by molar-refractivity contribution is -0.147. The Labute approximate surface area is 105 Å². The van der Waals surface area contributed by atoms with Crippen LogP contribution in [0.5, 0.6) is 0 Å².